The summed E-state index contributed by atoms with van der Waals surface area (Å²) in [4.78, 5) is 0. The Balaban J connectivity index is 1.96. The molecule has 1 aromatic carbocycles. The molecule has 3 rings (SSSR count). The van der Waals surface area contributed by atoms with Crippen molar-refractivity contribution >= 4 is 26.4 Å². The van der Waals surface area contributed by atoms with E-state index >= 15 is 0 Å². The number of anilines is 1. The molecule has 1 saturated heterocycles. The zero-order valence-electron chi connectivity index (χ0n) is 10.6. The summed E-state index contributed by atoms with van der Waals surface area (Å²) in [6.07, 6.45) is 0.631. The summed E-state index contributed by atoms with van der Waals surface area (Å²) in [6, 6.07) is 7.81. The van der Waals surface area contributed by atoms with Gasteiger partial charge in [0.1, 0.15) is 0 Å². The lowest BCUT2D eigenvalue weighted by Crippen LogP contribution is -2.21. The third-order valence-corrected chi connectivity index (χ3v) is 5.21. The lowest BCUT2D eigenvalue weighted by atomic mass is 10.1. The van der Waals surface area contributed by atoms with Crippen molar-refractivity contribution < 1.29 is 8.42 Å². The number of aryl methyl sites for hydroxylation is 1. The first-order valence-corrected chi connectivity index (χ1v) is 8.06. The second-order valence-corrected chi connectivity index (χ2v) is 7.15. The maximum atomic E-state index is 11.5. The Bertz CT molecular complexity index is 728. The van der Waals surface area contributed by atoms with Crippen LogP contribution in [0, 0.1) is 6.92 Å². The molecular formula is C13H15N3O2S. The molecule has 0 spiro atoms. The number of fused-ring (bicyclic) bond motifs is 1. The summed E-state index contributed by atoms with van der Waals surface area (Å²) in [5.74, 6) is 1.10. The third-order valence-electron chi connectivity index (χ3n) is 3.45. The van der Waals surface area contributed by atoms with Gasteiger partial charge in [-0.3, -0.25) is 0 Å². The van der Waals surface area contributed by atoms with E-state index in [9.17, 15) is 8.42 Å². The molecule has 0 amide bonds. The van der Waals surface area contributed by atoms with Crippen molar-refractivity contribution in [3.05, 3.63) is 30.0 Å². The number of aromatic nitrogens is 2. The molecule has 0 saturated carbocycles. The molecule has 19 heavy (non-hydrogen) atoms. The number of hydrogen-bond donors (Lipinski definition) is 1. The van der Waals surface area contributed by atoms with Gasteiger partial charge in [-0.25, -0.2) is 8.42 Å². The van der Waals surface area contributed by atoms with E-state index in [-0.39, 0.29) is 17.5 Å². The summed E-state index contributed by atoms with van der Waals surface area (Å²) in [7, 11) is -2.89. The van der Waals surface area contributed by atoms with Gasteiger partial charge >= 0.3 is 0 Å². The van der Waals surface area contributed by atoms with Crippen LogP contribution in [0.25, 0.3) is 10.8 Å². The molecule has 0 radical (unpaired) electrons. The quantitative estimate of drug-likeness (QED) is 0.901. The van der Waals surface area contributed by atoms with E-state index in [1.807, 2.05) is 31.2 Å². The number of nitrogens with zero attached hydrogens (tertiary/aromatic N) is 2. The molecule has 1 unspecified atom stereocenters. The number of rotatable bonds is 2. The van der Waals surface area contributed by atoms with Gasteiger partial charge in [-0.05, 0) is 13.3 Å². The normalized spacial score (nSPS) is 21.6. The highest BCUT2D eigenvalue weighted by atomic mass is 32.2. The third kappa shape index (κ3) is 2.40. The van der Waals surface area contributed by atoms with E-state index in [0.717, 1.165) is 16.5 Å². The number of nitrogens with one attached hydrogen (secondary N) is 1. The summed E-state index contributed by atoms with van der Waals surface area (Å²) in [5, 5.41) is 13.5. The molecule has 0 bridgehead atoms. The van der Waals surface area contributed by atoms with Crippen LogP contribution in [-0.4, -0.2) is 36.2 Å². The average Bonchev–Trinajstić information content (AvgIpc) is 2.73. The fraction of sp³-hybridized carbons (Fsp3) is 0.385. The molecule has 1 aromatic heterocycles. The fourth-order valence-corrected chi connectivity index (χ4v) is 4.12. The standard InChI is InChI=1S/C13H15N3O2S/c1-9-11-4-2-3-5-12(11)13(16-15-9)14-10-6-7-19(17,18)8-10/h2-5,10H,6-8H2,1H3,(H,14,16). The molecule has 1 aliphatic heterocycles. The topological polar surface area (TPSA) is 72.0 Å². The first kappa shape index (κ1) is 12.3. The van der Waals surface area contributed by atoms with E-state index in [1.165, 1.54) is 0 Å². The SMILES string of the molecule is Cc1nnc(NC2CCS(=O)(=O)C2)c2ccccc12. The first-order chi connectivity index (χ1) is 9.05. The molecular weight excluding hydrogens is 262 g/mol. The van der Waals surface area contributed by atoms with E-state index in [1.54, 1.807) is 0 Å². The van der Waals surface area contributed by atoms with Gasteiger partial charge in [-0.15, -0.1) is 5.10 Å². The van der Waals surface area contributed by atoms with Crippen molar-refractivity contribution in [1.82, 2.24) is 10.2 Å². The van der Waals surface area contributed by atoms with E-state index < -0.39 is 9.84 Å². The number of sulfone groups is 1. The van der Waals surface area contributed by atoms with Crippen LogP contribution >= 0.6 is 0 Å². The minimum atomic E-state index is -2.89. The van der Waals surface area contributed by atoms with Gasteiger partial charge in [0.2, 0.25) is 0 Å². The van der Waals surface area contributed by atoms with Crippen molar-refractivity contribution in [3.63, 3.8) is 0 Å². The maximum absolute atomic E-state index is 11.5. The predicted octanol–water partition coefficient (Wildman–Crippen LogP) is 1.54. The van der Waals surface area contributed by atoms with E-state index in [0.29, 0.717) is 12.2 Å². The molecule has 2 aromatic rings. The van der Waals surface area contributed by atoms with E-state index in [2.05, 4.69) is 15.5 Å². The van der Waals surface area contributed by atoms with Crippen molar-refractivity contribution in [2.45, 2.75) is 19.4 Å². The second-order valence-electron chi connectivity index (χ2n) is 4.92. The summed E-state index contributed by atoms with van der Waals surface area (Å²) < 4.78 is 22.9. The van der Waals surface area contributed by atoms with Crippen molar-refractivity contribution in [2.24, 2.45) is 0 Å². The van der Waals surface area contributed by atoms with Crippen LogP contribution in [0.2, 0.25) is 0 Å². The van der Waals surface area contributed by atoms with Crippen LogP contribution in [0.1, 0.15) is 12.1 Å². The zero-order chi connectivity index (χ0) is 13.5. The molecule has 1 fully saturated rings. The zero-order valence-corrected chi connectivity index (χ0v) is 11.4. The minimum Gasteiger partial charge on any atom is -0.364 e. The van der Waals surface area contributed by atoms with Crippen LogP contribution in [0.3, 0.4) is 0 Å². The molecule has 1 atom stereocenters. The predicted molar refractivity (Wildman–Crippen MR) is 75.0 cm³/mol. The van der Waals surface area contributed by atoms with Crippen LogP contribution in [0.5, 0.6) is 0 Å². The highest BCUT2D eigenvalue weighted by molar-refractivity contribution is 7.91. The summed E-state index contributed by atoms with van der Waals surface area (Å²) in [5.41, 5.74) is 0.875. The van der Waals surface area contributed by atoms with Crippen molar-refractivity contribution in [3.8, 4) is 0 Å². The Morgan fingerprint density at radius 2 is 1.95 bits per heavy atom. The molecule has 0 aliphatic carbocycles. The van der Waals surface area contributed by atoms with Crippen LogP contribution in [-0.2, 0) is 9.84 Å². The molecule has 1 aliphatic rings. The van der Waals surface area contributed by atoms with Crippen molar-refractivity contribution in [1.29, 1.82) is 0 Å². The van der Waals surface area contributed by atoms with Gasteiger partial charge in [0.25, 0.3) is 0 Å². The monoisotopic (exact) mass is 277 g/mol. The Morgan fingerprint density at radius 1 is 1.21 bits per heavy atom. The number of benzene rings is 1. The first-order valence-electron chi connectivity index (χ1n) is 6.24. The fourth-order valence-electron chi connectivity index (χ4n) is 2.45. The Hall–Kier alpha value is -1.69. The van der Waals surface area contributed by atoms with Crippen LogP contribution in [0.4, 0.5) is 5.82 Å². The Labute approximate surface area is 112 Å². The minimum absolute atomic E-state index is 0.0644. The smallest absolute Gasteiger partial charge is 0.156 e. The molecule has 5 nitrogen and oxygen atoms in total. The highest BCUT2D eigenvalue weighted by Crippen LogP contribution is 2.24. The summed E-state index contributed by atoms with van der Waals surface area (Å²) in [6.45, 7) is 1.92. The lowest BCUT2D eigenvalue weighted by molar-refractivity contribution is 0.602. The molecule has 6 heteroatoms. The van der Waals surface area contributed by atoms with Gasteiger partial charge < -0.3 is 5.32 Å². The molecule has 2 heterocycles. The highest BCUT2D eigenvalue weighted by Gasteiger charge is 2.28. The van der Waals surface area contributed by atoms with Crippen LogP contribution in [0.15, 0.2) is 24.3 Å². The largest absolute Gasteiger partial charge is 0.364 e. The number of hydrogen-bond acceptors (Lipinski definition) is 5. The Kier molecular flexibility index (Phi) is 2.89. The average molecular weight is 277 g/mol. The summed E-state index contributed by atoms with van der Waals surface area (Å²) >= 11 is 0. The van der Waals surface area contributed by atoms with Gasteiger partial charge in [0.05, 0.1) is 17.2 Å². The van der Waals surface area contributed by atoms with Gasteiger partial charge in [0.15, 0.2) is 15.7 Å². The van der Waals surface area contributed by atoms with Gasteiger partial charge in [-0.2, -0.15) is 5.10 Å². The van der Waals surface area contributed by atoms with Gasteiger partial charge in [0, 0.05) is 16.8 Å². The Morgan fingerprint density at radius 3 is 2.63 bits per heavy atom. The van der Waals surface area contributed by atoms with Crippen molar-refractivity contribution in [2.75, 3.05) is 16.8 Å². The van der Waals surface area contributed by atoms with Gasteiger partial charge in [-0.1, -0.05) is 24.3 Å². The molecule has 1 N–H and O–H groups in total. The molecule has 100 valence electrons. The lowest BCUT2D eigenvalue weighted by Gasteiger charge is -2.13. The second kappa shape index (κ2) is 4.45. The van der Waals surface area contributed by atoms with Crippen LogP contribution < -0.4 is 5.32 Å². The maximum Gasteiger partial charge on any atom is 0.156 e. The van der Waals surface area contributed by atoms with E-state index in [4.69, 9.17) is 0 Å².